The Kier molecular flexibility index (Phi) is 9.50. The average molecular weight is 656 g/mol. The largest absolute Gasteiger partial charge is 0.494 e. The summed E-state index contributed by atoms with van der Waals surface area (Å²) in [6.07, 6.45) is 2.66. The minimum atomic E-state index is -4.70. The van der Waals surface area contributed by atoms with Crippen molar-refractivity contribution in [1.29, 1.82) is 0 Å². The lowest BCUT2D eigenvalue weighted by Gasteiger charge is -2.38. The van der Waals surface area contributed by atoms with Gasteiger partial charge < -0.3 is 25.2 Å². The molecular weight excluding hydrogens is 618 g/mol. The number of halogens is 4. The Hall–Kier alpha value is -4.43. The van der Waals surface area contributed by atoms with E-state index in [1.807, 2.05) is 6.07 Å². The molecule has 3 aliphatic heterocycles. The Labute approximate surface area is 270 Å². The van der Waals surface area contributed by atoms with E-state index in [-0.39, 0.29) is 23.9 Å². The quantitative estimate of drug-likeness (QED) is 0.199. The Morgan fingerprint density at radius 3 is 2.49 bits per heavy atom. The summed E-state index contributed by atoms with van der Waals surface area (Å²) in [7, 11) is 1.55. The fourth-order valence-corrected chi connectivity index (χ4v) is 6.60. The van der Waals surface area contributed by atoms with Crippen LogP contribution in [-0.2, 0) is 15.8 Å². The van der Waals surface area contributed by atoms with Crippen molar-refractivity contribution in [2.75, 3.05) is 60.5 Å². The molecular formula is C33H37F4N7O3. The second-order valence-electron chi connectivity index (χ2n) is 11.8. The molecule has 3 aromatic rings. The van der Waals surface area contributed by atoms with Crippen molar-refractivity contribution in [2.45, 2.75) is 50.4 Å². The van der Waals surface area contributed by atoms with E-state index in [0.717, 1.165) is 56.8 Å². The first-order valence-electron chi connectivity index (χ1n) is 15.7. The van der Waals surface area contributed by atoms with E-state index >= 15 is 0 Å². The highest BCUT2D eigenvalue weighted by molar-refractivity contribution is 6.02. The number of methoxy groups -OCH3 is 1. The molecule has 1 amide bonds. The zero-order valence-electron chi connectivity index (χ0n) is 26.0. The molecule has 3 aliphatic rings. The number of likely N-dealkylation sites (tertiary alicyclic amines) is 1. The maximum Gasteiger partial charge on any atom is 0.416 e. The summed E-state index contributed by atoms with van der Waals surface area (Å²) < 4.78 is 60.2. The lowest BCUT2D eigenvalue weighted by Crippen LogP contribution is -2.44. The highest BCUT2D eigenvalue weighted by Crippen LogP contribution is 2.41. The zero-order chi connectivity index (χ0) is 33.1. The van der Waals surface area contributed by atoms with Crippen molar-refractivity contribution in [3.05, 3.63) is 72.3 Å². The molecule has 4 heterocycles. The van der Waals surface area contributed by atoms with E-state index in [0.29, 0.717) is 41.5 Å². The number of amides is 1. The molecule has 250 valence electrons. The molecule has 3 fully saturated rings. The van der Waals surface area contributed by atoms with Crippen LogP contribution in [0.25, 0.3) is 0 Å². The van der Waals surface area contributed by atoms with Gasteiger partial charge in [-0.25, -0.2) is 19.4 Å². The number of hydrogen-bond donors (Lipinski definition) is 2. The van der Waals surface area contributed by atoms with Crippen LogP contribution in [0.5, 0.6) is 5.75 Å². The Morgan fingerprint density at radius 1 is 1.02 bits per heavy atom. The van der Waals surface area contributed by atoms with Crippen molar-refractivity contribution in [3.63, 3.8) is 0 Å². The first kappa shape index (κ1) is 32.5. The number of carbonyl (C=O) groups is 1. The predicted molar refractivity (Wildman–Crippen MR) is 170 cm³/mol. The van der Waals surface area contributed by atoms with Gasteiger partial charge >= 0.3 is 6.18 Å². The molecule has 0 unspecified atom stereocenters. The number of ether oxygens (including phenoxy) is 1. The monoisotopic (exact) mass is 655 g/mol. The molecule has 3 saturated heterocycles. The smallest absolute Gasteiger partial charge is 0.416 e. The number of hydrogen-bond acceptors (Lipinski definition) is 9. The number of carbonyl (C=O) groups excluding carboxylic acids is 1. The van der Waals surface area contributed by atoms with Crippen molar-refractivity contribution in [1.82, 2.24) is 14.9 Å². The van der Waals surface area contributed by atoms with Crippen LogP contribution in [-0.4, -0.2) is 66.7 Å². The maximum absolute atomic E-state index is 14.2. The summed E-state index contributed by atoms with van der Waals surface area (Å²) in [6.45, 7) is 7.75. The first-order valence-corrected chi connectivity index (χ1v) is 15.7. The van der Waals surface area contributed by atoms with Gasteiger partial charge in [0.1, 0.15) is 23.7 Å². The molecule has 0 spiro atoms. The van der Waals surface area contributed by atoms with Gasteiger partial charge in [-0.15, -0.1) is 0 Å². The normalized spacial score (nSPS) is 19.2. The second kappa shape index (κ2) is 13.7. The standard InChI is InChI=1S/C33H37F4N7O3/c1-3-32(45)41-25-17-26(29(46-2)18-28(25)43-11-6-24(7-12-43)42-9-4-5-10-42)40-30-19-31(39-20-38-30)44-27(8-13-47-44)21-14-22(33(35,36)37)16-23(34)15-21/h3,14-20,24,27H,1,4-13H2,2H3,(H,41,45)(H,38,39,40)/t27-/m1/s1. The van der Waals surface area contributed by atoms with E-state index in [9.17, 15) is 22.4 Å². The third kappa shape index (κ3) is 7.28. The molecule has 2 N–H and O–H groups in total. The predicted octanol–water partition coefficient (Wildman–Crippen LogP) is 6.46. The fourth-order valence-electron chi connectivity index (χ4n) is 6.60. The van der Waals surface area contributed by atoms with Gasteiger partial charge in [-0.1, -0.05) is 6.58 Å². The van der Waals surface area contributed by atoms with Gasteiger partial charge in [0.2, 0.25) is 5.91 Å². The van der Waals surface area contributed by atoms with Crippen LogP contribution in [0.1, 0.15) is 49.3 Å². The van der Waals surface area contributed by atoms with Gasteiger partial charge in [0.25, 0.3) is 0 Å². The number of hydroxylamine groups is 1. The van der Waals surface area contributed by atoms with Gasteiger partial charge in [-0.05, 0) is 74.7 Å². The topological polar surface area (TPSA) is 95.1 Å². The summed E-state index contributed by atoms with van der Waals surface area (Å²) in [5, 5.41) is 7.51. The Balaban J connectivity index is 1.25. The number of aromatic nitrogens is 2. The number of nitrogens with zero attached hydrogens (tertiary/aromatic N) is 5. The van der Waals surface area contributed by atoms with Crippen molar-refractivity contribution >= 4 is 34.6 Å². The molecule has 47 heavy (non-hydrogen) atoms. The lowest BCUT2D eigenvalue weighted by atomic mass is 10.0. The van der Waals surface area contributed by atoms with Crippen molar-refractivity contribution < 1.29 is 31.9 Å². The summed E-state index contributed by atoms with van der Waals surface area (Å²) in [5.74, 6) is -0.245. The van der Waals surface area contributed by atoms with Crippen LogP contribution in [0.15, 0.2) is 55.4 Å². The van der Waals surface area contributed by atoms with Crippen LogP contribution >= 0.6 is 0 Å². The molecule has 0 saturated carbocycles. The van der Waals surface area contributed by atoms with Crippen LogP contribution in [0.3, 0.4) is 0 Å². The number of anilines is 5. The van der Waals surface area contributed by atoms with E-state index in [2.05, 4.69) is 37.0 Å². The number of piperidine rings is 1. The summed E-state index contributed by atoms with van der Waals surface area (Å²) >= 11 is 0. The van der Waals surface area contributed by atoms with Gasteiger partial charge in [0.15, 0.2) is 5.82 Å². The lowest BCUT2D eigenvalue weighted by molar-refractivity contribution is -0.137. The number of nitrogens with one attached hydrogen (secondary N) is 2. The molecule has 2 aromatic carbocycles. The molecule has 1 atom stereocenters. The van der Waals surface area contributed by atoms with Gasteiger partial charge in [0, 0.05) is 37.7 Å². The second-order valence-corrected chi connectivity index (χ2v) is 11.8. The van der Waals surface area contributed by atoms with E-state index in [1.54, 1.807) is 19.2 Å². The van der Waals surface area contributed by atoms with Crippen LogP contribution in [0.4, 0.5) is 46.3 Å². The highest BCUT2D eigenvalue weighted by Gasteiger charge is 2.35. The van der Waals surface area contributed by atoms with E-state index in [1.165, 1.54) is 30.3 Å². The van der Waals surface area contributed by atoms with Crippen molar-refractivity contribution in [3.8, 4) is 5.75 Å². The molecule has 0 aliphatic carbocycles. The van der Waals surface area contributed by atoms with Gasteiger partial charge in [-0.2, -0.15) is 13.2 Å². The van der Waals surface area contributed by atoms with E-state index < -0.39 is 23.6 Å². The molecule has 1 aromatic heterocycles. The molecule has 14 heteroatoms. The Morgan fingerprint density at radius 2 is 1.79 bits per heavy atom. The molecule has 0 bridgehead atoms. The number of benzene rings is 2. The SMILES string of the molecule is C=CC(=O)Nc1cc(Nc2cc(N3OCC[C@@H]3c3cc(F)cc(C(F)(F)F)c3)ncn2)c(OC)cc1N1CCC(N2CCCC2)CC1. The van der Waals surface area contributed by atoms with E-state index in [4.69, 9.17) is 9.57 Å². The minimum absolute atomic E-state index is 0.118. The van der Waals surface area contributed by atoms with Gasteiger partial charge in [-0.3, -0.25) is 9.63 Å². The maximum atomic E-state index is 14.2. The van der Waals surface area contributed by atoms with Crippen LogP contribution in [0.2, 0.25) is 0 Å². The minimum Gasteiger partial charge on any atom is -0.494 e. The van der Waals surface area contributed by atoms with Crippen LogP contribution < -0.4 is 25.3 Å². The fraction of sp³-hybridized carbons (Fsp3) is 0.424. The summed E-state index contributed by atoms with van der Waals surface area (Å²) in [5.41, 5.74) is 0.947. The zero-order valence-corrected chi connectivity index (χ0v) is 26.0. The van der Waals surface area contributed by atoms with Gasteiger partial charge in [0.05, 0.1) is 42.4 Å². The van der Waals surface area contributed by atoms with Crippen molar-refractivity contribution in [2.24, 2.45) is 0 Å². The Bertz CT molecular complexity index is 1610. The summed E-state index contributed by atoms with van der Waals surface area (Å²) in [6, 6.07) is 7.53. The highest BCUT2D eigenvalue weighted by atomic mass is 19.4. The molecule has 10 nitrogen and oxygen atoms in total. The molecule has 0 radical (unpaired) electrons. The first-order chi connectivity index (χ1) is 22.6. The summed E-state index contributed by atoms with van der Waals surface area (Å²) in [4.78, 5) is 31.6. The third-order valence-corrected chi connectivity index (χ3v) is 8.90. The average Bonchev–Trinajstić information content (AvgIpc) is 3.78. The number of rotatable bonds is 9. The molecule has 6 rings (SSSR count). The van der Waals surface area contributed by atoms with Crippen LogP contribution in [0, 0.1) is 5.82 Å². The third-order valence-electron chi connectivity index (χ3n) is 8.90. The number of alkyl halides is 3.